The highest BCUT2D eigenvalue weighted by atomic mass is 16.7. The predicted molar refractivity (Wildman–Crippen MR) is 74.0 cm³/mol. The van der Waals surface area contributed by atoms with E-state index in [2.05, 4.69) is 0 Å². The predicted octanol–water partition coefficient (Wildman–Crippen LogP) is -4.34. The van der Waals surface area contributed by atoms with Gasteiger partial charge in [-0.3, -0.25) is 0 Å². The van der Waals surface area contributed by atoms with E-state index in [0.717, 1.165) is 0 Å². The zero-order chi connectivity index (χ0) is 17.7. The summed E-state index contributed by atoms with van der Waals surface area (Å²) in [5.74, 6) is 0. The molecule has 0 saturated carbocycles. The van der Waals surface area contributed by atoms with Crippen LogP contribution in [0.3, 0.4) is 0 Å². The molecular formula is C13H26O10. The van der Waals surface area contributed by atoms with Crippen molar-refractivity contribution in [2.24, 2.45) is 0 Å². The molecule has 138 valence electrons. The van der Waals surface area contributed by atoms with Gasteiger partial charge in [-0.25, -0.2) is 0 Å². The molecule has 1 heterocycles. The Balaban J connectivity index is 2.89. The molecule has 0 radical (unpaired) electrons. The lowest BCUT2D eigenvalue weighted by Gasteiger charge is -2.42. The van der Waals surface area contributed by atoms with Crippen molar-refractivity contribution in [3.63, 3.8) is 0 Å². The van der Waals surface area contributed by atoms with Gasteiger partial charge in [-0.15, -0.1) is 0 Å². The third kappa shape index (κ3) is 4.79. The van der Waals surface area contributed by atoms with Gasteiger partial charge in [-0.1, -0.05) is 6.92 Å². The van der Waals surface area contributed by atoms with Crippen molar-refractivity contribution >= 4 is 0 Å². The molecule has 1 saturated heterocycles. The van der Waals surface area contributed by atoms with Gasteiger partial charge in [-0.2, -0.15) is 0 Å². The van der Waals surface area contributed by atoms with Crippen molar-refractivity contribution in [3.05, 3.63) is 0 Å². The second-order valence-electron chi connectivity index (χ2n) is 5.51. The fraction of sp³-hybridized carbons (Fsp3) is 1.00. The maximum absolute atomic E-state index is 9.99. The second-order valence-corrected chi connectivity index (χ2v) is 5.51. The van der Waals surface area contributed by atoms with E-state index in [4.69, 9.17) is 19.7 Å². The molecule has 9 atom stereocenters. The number of hydrogen-bond acceptors (Lipinski definition) is 10. The number of hydrogen-bond donors (Lipinski definition) is 8. The first-order valence-electron chi connectivity index (χ1n) is 7.39. The van der Waals surface area contributed by atoms with Crippen LogP contribution in [-0.4, -0.2) is 109 Å². The van der Waals surface area contributed by atoms with Crippen LogP contribution in [0.2, 0.25) is 0 Å². The van der Waals surface area contributed by atoms with E-state index in [1.807, 2.05) is 0 Å². The summed E-state index contributed by atoms with van der Waals surface area (Å²) in [4.78, 5) is 0. The maximum atomic E-state index is 9.99. The summed E-state index contributed by atoms with van der Waals surface area (Å²) >= 11 is 0. The lowest BCUT2D eigenvalue weighted by molar-refractivity contribution is -0.327. The number of aliphatic hydroxyl groups excluding tert-OH is 8. The van der Waals surface area contributed by atoms with Crippen LogP contribution >= 0.6 is 0 Å². The SMILES string of the molecule is CCC(O)C(O)C(O[C@@H]1OC(CO)[C@H](O)C(O)C1O)C(O)CO. The van der Waals surface area contributed by atoms with Gasteiger partial charge in [0.1, 0.15) is 42.7 Å². The number of aliphatic hydroxyl groups is 8. The van der Waals surface area contributed by atoms with Crippen molar-refractivity contribution in [1.82, 2.24) is 0 Å². The lowest BCUT2D eigenvalue weighted by atomic mass is 9.98. The van der Waals surface area contributed by atoms with Gasteiger partial charge >= 0.3 is 0 Å². The van der Waals surface area contributed by atoms with Crippen LogP contribution < -0.4 is 0 Å². The first kappa shape index (κ1) is 20.6. The fourth-order valence-corrected chi connectivity index (χ4v) is 2.30. The van der Waals surface area contributed by atoms with Crippen LogP contribution in [0, 0.1) is 0 Å². The molecule has 0 aromatic heterocycles. The monoisotopic (exact) mass is 342 g/mol. The Morgan fingerprint density at radius 3 is 2.04 bits per heavy atom. The smallest absolute Gasteiger partial charge is 0.187 e. The van der Waals surface area contributed by atoms with Crippen LogP contribution in [0.25, 0.3) is 0 Å². The number of rotatable bonds is 8. The number of ether oxygens (including phenoxy) is 2. The fourth-order valence-electron chi connectivity index (χ4n) is 2.30. The average Bonchev–Trinajstić information content (AvgIpc) is 2.57. The van der Waals surface area contributed by atoms with E-state index < -0.39 is 68.3 Å². The molecule has 0 spiro atoms. The normalized spacial score (nSPS) is 37.2. The third-order valence-corrected chi connectivity index (χ3v) is 3.86. The molecule has 0 aromatic carbocycles. The van der Waals surface area contributed by atoms with Crippen molar-refractivity contribution < 1.29 is 50.3 Å². The quantitative estimate of drug-likeness (QED) is 0.215. The minimum Gasteiger partial charge on any atom is -0.394 e. The largest absolute Gasteiger partial charge is 0.394 e. The topological polar surface area (TPSA) is 180 Å². The molecule has 1 fully saturated rings. The Labute approximate surface area is 133 Å². The molecule has 0 bridgehead atoms. The Morgan fingerprint density at radius 2 is 1.57 bits per heavy atom. The standard InChI is InChI=1S/C13H26O10/c1-2-5(16)8(18)12(6(17)3-14)23-13-11(21)10(20)9(19)7(4-15)22-13/h5-21H,2-4H2,1H3/t5?,6?,7?,8?,9-,10?,11?,12?,13-/m0/s1. The molecule has 1 aliphatic heterocycles. The van der Waals surface area contributed by atoms with Gasteiger partial charge in [0, 0.05) is 0 Å². The van der Waals surface area contributed by atoms with Gasteiger partial charge in [0.05, 0.1) is 19.3 Å². The molecule has 0 amide bonds. The molecule has 1 aliphatic rings. The van der Waals surface area contributed by atoms with Gasteiger partial charge in [0.15, 0.2) is 6.29 Å². The second kappa shape index (κ2) is 9.18. The Hall–Kier alpha value is -0.400. The van der Waals surface area contributed by atoms with Gasteiger partial charge in [-0.05, 0) is 6.42 Å². The minimum atomic E-state index is -1.73. The van der Waals surface area contributed by atoms with Crippen LogP contribution in [0.4, 0.5) is 0 Å². The minimum absolute atomic E-state index is 0.133. The summed E-state index contributed by atoms with van der Waals surface area (Å²) < 4.78 is 10.3. The zero-order valence-electron chi connectivity index (χ0n) is 12.7. The Bertz CT molecular complexity index is 341. The lowest BCUT2D eigenvalue weighted by Crippen LogP contribution is -2.61. The van der Waals surface area contributed by atoms with Gasteiger partial charge in [0.2, 0.25) is 0 Å². The summed E-state index contributed by atoms with van der Waals surface area (Å²) in [6.45, 7) is 0.109. The van der Waals surface area contributed by atoms with E-state index in [1.54, 1.807) is 6.92 Å². The highest BCUT2D eigenvalue weighted by Gasteiger charge is 2.46. The van der Waals surface area contributed by atoms with E-state index >= 15 is 0 Å². The summed E-state index contributed by atoms with van der Waals surface area (Å²) in [5, 5.41) is 76.8. The summed E-state index contributed by atoms with van der Waals surface area (Å²) in [6, 6.07) is 0. The maximum Gasteiger partial charge on any atom is 0.187 e. The van der Waals surface area contributed by atoms with Gasteiger partial charge < -0.3 is 50.3 Å². The molecule has 10 heteroatoms. The molecule has 7 unspecified atom stereocenters. The molecule has 0 aliphatic carbocycles. The molecule has 10 nitrogen and oxygen atoms in total. The molecule has 0 aromatic rings. The molecule has 23 heavy (non-hydrogen) atoms. The first-order valence-corrected chi connectivity index (χ1v) is 7.39. The zero-order valence-corrected chi connectivity index (χ0v) is 12.7. The van der Waals surface area contributed by atoms with Crippen LogP contribution in [0.1, 0.15) is 13.3 Å². The van der Waals surface area contributed by atoms with E-state index in [-0.39, 0.29) is 6.42 Å². The summed E-state index contributed by atoms with van der Waals surface area (Å²) in [5.41, 5.74) is 0. The van der Waals surface area contributed by atoms with Crippen LogP contribution in [-0.2, 0) is 9.47 Å². The summed E-state index contributed by atoms with van der Waals surface area (Å²) in [6.07, 6.45) is -13.7. The van der Waals surface area contributed by atoms with Crippen molar-refractivity contribution in [1.29, 1.82) is 0 Å². The van der Waals surface area contributed by atoms with E-state index in [9.17, 15) is 30.6 Å². The Kier molecular flexibility index (Phi) is 8.24. The molecule has 8 N–H and O–H groups in total. The van der Waals surface area contributed by atoms with E-state index in [0.29, 0.717) is 0 Å². The molecular weight excluding hydrogens is 316 g/mol. The van der Waals surface area contributed by atoms with Gasteiger partial charge in [0.25, 0.3) is 0 Å². The van der Waals surface area contributed by atoms with Crippen LogP contribution in [0.15, 0.2) is 0 Å². The third-order valence-electron chi connectivity index (χ3n) is 3.86. The highest BCUT2D eigenvalue weighted by molar-refractivity contribution is 4.91. The van der Waals surface area contributed by atoms with Crippen molar-refractivity contribution in [2.75, 3.05) is 13.2 Å². The first-order chi connectivity index (χ1) is 10.8. The van der Waals surface area contributed by atoms with Crippen molar-refractivity contribution in [2.45, 2.75) is 68.5 Å². The average molecular weight is 342 g/mol. The summed E-state index contributed by atoms with van der Waals surface area (Å²) in [7, 11) is 0. The molecule has 1 rings (SSSR count). The Morgan fingerprint density at radius 1 is 0.957 bits per heavy atom. The van der Waals surface area contributed by atoms with Crippen molar-refractivity contribution in [3.8, 4) is 0 Å². The van der Waals surface area contributed by atoms with E-state index in [1.165, 1.54) is 0 Å². The van der Waals surface area contributed by atoms with Crippen LogP contribution in [0.5, 0.6) is 0 Å². The highest BCUT2D eigenvalue weighted by Crippen LogP contribution is 2.25.